The molecule has 0 saturated heterocycles. The van der Waals surface area contributed by atoms with Crippen molar-refractivity contribution in [3.8, 4) is 5.75 Å². The van der Waals surface area contributed by atoms with E-state index in [0.29, 0.717) is 5.76 Å². The topological polar surface area (TPSA) is 80.0 Å². The summed E-state index contributed by atoms with van der Waals surface area (Å²) in [5.74, 6) is -0.982. The summed E-state index contributed by atoms with van der Waals surface area (Å²) >= 11 is 0. The molecule has 128 valence electrons. The van der Waals surface area contributed by atoms with Crippen molar-refractivity contribution in [2.24, 2.45) is 0 Å². The van der Waals surface area contributed by atoms with Gasteiger partial charge in [-0.15, -0.1) is 0 Å². The minimum Gasteiger partial charge on any atom is -0.481 e. The zero-order valence-electron chi connectivity index (χ0n) is 13.6. The summed E-state index contributed by atoms with van der Waals surface area (Å²) in [6.07, 6.45) is -0.827. The highest BCUT2D eigenvalue weighted by Gasteiger charge is 2.22. The Labute approximate surface area is 138 Å². The van der Waals surface area contributed by atoms with Crippen molar-refractivity contribution in [1.29, 1.82) is 0 Å². The number of ether oxygens (including phenoxy) is 1. The van der Waals surface area contributed by atoms with Crippen LogP contribution in [0.5, 0.6) is 5.75 Å². The number of hydrogen-bond acceptors (Lipinski definition) is 4. The number of carbonyl (C=O) groups is 2. The van der Waals surface area contributed by atoms with E-state index < -0.39 is 17.9 Å². The SMILES string of the molecule is Cc1oc(CN(C)C(=O)C(C)Oc2cccc(F)c2)cc1C(=O)O. The Kier molecular flexibility index (Phi) is 5.23. The van der Waals surface area contributed by atoms with E-state index in [2.05, 4.69) is 0 Å². The number of carboxylic acids is 1. The van der Waals surface area contributed by atoms with Gasteiger partial charge in [0.2, 0.25) is 0 Å². The van der Waals surface area contributed by atoms with Gasteiger partial charge in [-0.2, -0.15) is 0 Å². The predicted molar refractivity (Wildman–Crippen MR) is 83.4 cm³/mol. The van der Waals surface area contributed by atoms with Gasteiger partial charge < -0.3 is 19.2 Å². The van der Waals surface area contributed by atoms with E-state index >= 15 is 0 Å². The van der Waals surface area contributed by atoms with Crippen molar-refractivity contribution < 1.29 is 28.2 Å². The fourth-order valence-corrected chi connectivity index (χ4v) is 2.25. The lowest BCUT2D eigenvalue weighted by atomic mass is 10.2. The van der Waals surface area contributed by atoms with Crippen LogP contribution in [0, 0.1) is 12.7 Å². The smallest absolute Gasteiger partial charge is 0.339 e. The molecule has 0 bridgehead atoms. The zero-order chi connectivity index (χ0) is 17.9. The number of benzene rings is 1. The maximum Gasteiger partial charge on any atom is 0.339 e. The molecule has 0 fully saturated rings. The molecule has 7 heteroatoms. The van der Waals surface area contributed by atoms with Crippen molar-refractivity contribution in [2.75, 3.05) is 7.05 Å². The Bertz CT molecular complexity index is 755. The third-order valence-electron chi connectivity index (χ3n) is 3.43. The maximum atomic E-state index is 13.1. The first-order valence-electron chi connectivity index (χ1n) is 7.27. The van der Waals surface area contributed by atoms with Crippen LogP contribution in [0.3, 0.4) is 0 Å². The second kappa shape index (κ2) is 7.16. The number of carboxylic acid groups (broad SMARTS) is 1. The molecule has 0 saturated carbocycles. The number of furan rings is 1. The van der Waals surface area contributed by atoms with Crippen molar-refractivity contribution in [1.82, 2.24) is 4.90 Å². The van der Waals surface area contributed by atoms with Crippen LogP contribution in [0.1, 0.15) is 28.8 Å². The molecule has 0 aliphatic rings. The second-order valence-electron chi connectivity index (χ2n) is 5.40. The minimum absolute atomic E-state index is 0.0647. The van der Waals surface area contributed by atoms with E-state index in [1.165, 1.54) is 29.2 Å². The average Bonchev–Trinajstić information content (AvgIpc) is 2.87. The lowest BCUT2D eigenvalue weighted by Crippen LogP contribution is -2.37. The Balaban J connectivity index is 2.00. The highest BCUT2D eigenvalue weighted by molar-refractivity contribution is 5.88. The van der Waals surface area contributed by atoms with E-state index in [1.807, 2.05) is 0 Å². The molecule has 2 aromatic rings. The lowest BCUT2D eigenvalue weighted by Gasteiger charge is -2.21. The van der Waals surface area contributed by atoms with Gasteiger partial charge in [0, 0.05) is 13.1 Å². The monoisotopic (exact) mass is 335 g/mol. The molecule has 24 heavy (non-hydrogen) atoms. The normalized spacial score (nSPS) is 11.8. The summed E-state index contributed by atoms with van der Waals surface area (Å²) in [5, 5.41) is 9.01. The first-order valence-corrected chi connectivity index (χ1v) is 7.27. The molecule has 1 unspecified atom stereocenters. The first-order chi connectivity index (χ1) is 11.3. The second-order valence-corrected chi connectivity index (χ2v) is 5.40. The lowest BCUT2D eigenvalue weighted by molar-refractivity contribution is -0.137. The molecule has 0 aliphatic heterocycles. The summed E-state index contributed by atoms with van der Waals surface area (Å²) in [6, 6.07) is 6.91. The van der Waals surface area contributed by atoms with E-state index in [9.17, 15) is 14.0 Å². The number of aryl methyl sites for hydroxylation is 1. The number of amides is 1. The highest BCUT2D eigenvalue weighted by atomic mass is 19.1. The summed E-state index contributed by atoms with van der Waals surface area (Å²) in [4.78, 5) is 24.7. The van der Waals surface area contributed by atoms with Gasteiger partial charge in [-0.05, 0) is 32.0 Å². The average molecular weight is 335 g/mol. The molecule has 1 N–H and O–H groups in total. The summed E-state index contributed by atoms with van der Waals surface area (Å²) in [6.45, 7) is 3.20. The summed E-state index contributed by atoms with van der Waals surface area (Å²) in [7, 11) is 1.55. The van der Waals surface area contributed by atoms with Gasteiger partial charge in [-0.3, -0.25) is 4.79 Å². The largest absolute Gasteiger partial charge is 0.481 e. The fraction of sp³-hybridized carbons (Fsp3) is 0.294. The van der Waals surface area contributed by atoms with Crippen molar-refractivity contribution >= 4 is 11.9 Å². The van der Waals surface area contributed by atoms with Crippen molar-refractivity contribution in [3.63, 3.8) is 0 Å². The maximum absolute atomic E-state index is 13.1. The Morgan fingerprint density at radius 2 is 2.08 bits per heavy atom. The van der Waals surface area contributed by atoms with Crippen LogP contribution in [-0.4, -0.2) is 35.0 Å². The van der Waals surface area contributed by atoms with E-state index in [-0.39, 0.29) is 29.5 Å². The molecule has 1 aromatic carbocycles. The number of carbonyl (C=O) groups excluding carboxylic acids is 1. The number of likely N-dealkylation sites (N-methyl/N-ethyl adjacent to an activating group) is 1. The van der Waals surface area contributed by atoms with Gasteiger partial charge in [0.15, 0.2) is 6.10 Å². The molecule has 0 aliphatic carbocycles. The quantitative estimate of drug-likeness (QED) is 0.878. The molecule has 0 spiro atoms. The molecule has 6 nitrogen and oxygen atoms in total. The molecule has 1 atom stereocenters. The number of rotatable bonds is 6. The van der Waals surface area contributed by atoms with Crippen LogP contribution in [0.15, 0.2) is 34.7 Å². The Hall–Kier alpha value is -2.83. The highest BCUT2D eigenvalue weighted by Crippen LogP contribution is 2.18. The Morgan fingerprint density at radius 1 is 1.38 bits per heavy atom. The third kappa shape index (κ3) is 4.13. The molecule has 1 heterocycles. The van der Waals surface area contributed by atoms with Crippen molar-refractivity contribution in [2.45, 2.75) is 26.5 Å². The van der Waals surface area contributed by atoms with Crippen LogP contribution in [0.25, 0.3) is 0 Å². The van der Waals surface area contributed by atoms with Crippen LogP contribution in [0.2, 0.25) is 0 Å². The standard InChI is InChI=1S/C17H18FNO5/c1-10-15(17(21)22)8-14(23-10)9-19(3)16(20)11(2)24-13-6-4-5-12(18)7-13/h4-8,11H,9H2,1-3H3,(H,21,22). The predicted octanol–water partition coefficient (Wildman–Crippen LogP) is 2.85. The van der Waals surface area contributed by atoms with Gasteiger partial charge in [-0.25, -0.2) is 9.18 Å². The molecule has 2 rings (SSSR count). The molecular weight excluding hydrogens is 317 g/mol. The number of nitrogens with zero attached hydrogens (tertiary/aromatic N) is 1. The molecule has 1 aromatic heterocycles. The minimum atomic E-state index is -1.08. The number of halogens is 1. The van der Waals surface area contributed by atoms with Crippen LogP contribution >= 0.6 is 0 Å². The van der Waals surface area contributed by atoms with E-state index in [4.69, 9.17) is 14.3 Å². The van der Waals surface area contributed by atoms with Gasteiger partial charge in [0.25, 0.3) is 5.91 Å². The van der Waals surface area contributed by atoms with Gasteiger partial charge in [-0.1, -0.05) is 6.07 Å². The molecule has 1 amide bonds. The Morgan fingerprint density at radius 3 is 2.67 bits per heavy atom. The number of aromatic carboxylic acids is 1. The fourth-order valence-electron chi connectivity index (χ4n) is 2.25. The summed E-state index contributed by atoms with van der Waals surface area (Å²) in [5.41, 5.74) is 0.0647. The zero-order valence-corrected chi connectivity index (χ0v) is 13.6. The van der Waals surface area contributed by atoms with Crippen molar-refractivity contribution in [3.05, 3.63) is 53.2 Å². The van der Waals surface area contributed by atoms with Crippen LogP contribution in [0.4, 0.5) is 4.39 Å². The van der Waals surface area contributed by atoms with Gasteiger partial charge in [0.05, 0.1) is 6.54 Å². The number of hydrogen-bond donors (Lipinski definition) is 1. The molecule has 0 radical (unpaired) electrons. The molecular formula is C17H18FNO5. The third-order valence-corrected chi connectivity index (χ3v) is 3.43. The van der Waals surface area contributed by atoms with Crippen LogP contribution in [-0.2, 0) is 11.3 Å². The van der Waals surface area contributed by atoms with E-state index in [1.54, 1.807) is 27.0 Å². The van der Waals surface area contributed by atoms with Gasteiger partial charge >= 0.3 is 5.97 Å². The van der Waals surface area contributed by atoms with Gasteiger partial charge in [0.1, 0.15) is 28.7 Å². The first kappa shape index (κ1) is 17.5. The van der Waals surface area contributed by atoms with E-state index in [0.717, 1.165) is 0 Å². The summed E-state index contributed by atoms with van der Waals surface area (Å²) < 4.78 is 23.9. The van der Waals surface area contributed by atoms with Crippen LogP contribution < -0.4 is 4.74 Å².